The first-order chi connectivity index (χ1) is 8.86. The molecule has 1 aromatic rings. The molecule has 92 valence electrons. The molecule has 0 spiro atoms. The highest BCUT2D eigenvalue weighted by molar-refractivity contribution is 5.24. The molecule has 0 N–H and O–H groups in total. The Labute approximate surface area is 110 Å². The van der Waals surface area contributed by atoms with Gasteiger partial charge in [0.05, 0.1) is 0 Å². The van der Waals surface area contributed by atoms with Crippen molar-refractivity contribution in [2.24, 2.45) is 0 Å². The fraction of sp³-hybridized carbons (Fsp3) is 0.412. The van der Waals surface area contributed by atoms with Crippen LogP contribution >= 0.6 is 0 Å². The van der Waals surface area contributed by atoms with Crippen LogP contribution in [0.15, 0.2) is 42.0 Å². The van der Waals surface area contributed by atoms with Crippen molar-refractivity contribution in [3.63, 3.8) is 0 Å². The molecule has 3 rings (SSSR count). The van der Waals surface area contributed by atoms with Crippen LogP contribution in [0, 0.1) is 12.3 Å². The van der Waals surface area contributed by atoms with E-state index < -0.39 is 0 Å². The van der Waals surface area contributed by atoms with Crippen molar-refractivity contribution >= 4 is 0 Å². The second-order valence-electron chi connectivity index (χ2n) is 5.42. The minimum atomic E-state index is 0.712. The second kappa shape index (κ2) is 5.00. The van der Waals surface area contributed by atoms with Gasteiger partial charge in [-0.1, -0.05) is 41.8 Å². The number of nitrogens with zero attached hydrogens (tertiary/aromatic N) is 1. The minimum absolute atomic E-state index is 0.712. The van der Waals surface area contributed by atoms with E-state index in [9.17, 15) is 0 Å². The molecule has 0 aromatic heterocycles. The van der Waals surface area contributed by atoms with Gasteiger partial charge in [-0.2, -0.15) is 0 Å². The average molecular weight is 237 g/mol. The highest BCUT2D eigenvalue weighted by atomic mass is 15.2. The van der Waals surface area contributed by atoms with Gasteiger partial charge >= 0.3 is 0 Å². The Kier molecular flexibility index (Phi) is 3.21. The third-order valence-electron chi connectivity index (χ3n) is 4.26. The molecule has 1 heteroatoms. The van der Waals surface area contributed by atoms with E-state index in [4.69, 9.17) is 6.42 Å². The van der Waals surface area contributed by atoms with E-state index in [1.54, 1.807) is 0 Å². The molecule has 2 atom stereocenters. The van der Waals surface area contributed by atoms with Crippen LogP contribution in [0.2, 0.25) is 0 Å². The van der Waals surface area contributed by atoms with Gasteiger partial charge in [0, 0.05) is 18.6 Å². The van der Waals surface area contributed by atoms with Crippen molar-refractivity contribution in [2.75, 3.05) is 0 Å². The van der Waals surface area contributed by atoms with Crippen LogP contribution in [0.25, 0.3) is 0 Å². The molecule has 2 unspecified atom stereocenters. The van der Waals surface area contributed by atoms with Gasteiger partial charge in [-0.05, 0) is 37.3 Å². The number of terminal acetylenes is 1. The fourth-order valence-corrected chi connectivity index (χ4v) is 3.43. The van der Waals surface area contributed by atoms with Crippen molar-refractivity contribution < 1.29 is 0 Å². The lowest BCUT2D eigenvalue weighted by atomic mass is 9.96. The Hall–Kier alpha value is -1.52. The summed E-state index contributed by atoms with van der Waals surface area (Å²) in [4.78, 5) is 2.68. The van der Waals surface area contributed by atoms with Gasteiger partial charge in [-0.3, -0.25) is 4.90 Å². The number of piperidine rings is 1. The zero-order chi connectivity index (χ0) is 12.4. The Morgan fingerprint density at radius 1 is 1.17 bits per heavy atom. The summed E-state index contributed by atoms with van der Waals surface area (Å²) >= 11 is 0. The number of hydrogen-bond acceptors (Lipinski definition) is 1. The van der Waals surface area contributed by atoms with Gasteiger partial charge in [-0.15, -0.1) is 6.42 Å². The van der Waals surface area contributed by atoms with Crippen LogP contribution in [0.3, 0.4) is 0 Å². The maximum Gasteiger partial charge on any atom is 0.0239 e. The van der Waals surface area contributed by atoms with E-state index in [0.717, 1.165) is 6.54 Å². The van der Waals surface area contributed by atoms with Crippen molar-refractivity contribution in [3.05, 3.63) is 47.5 Å². The molecule has 0 saturated carbocycles. The molecular formula is C17H19N. The fourth-order valence-electron chi connectivity index (χ4n) is 3.43. The highest BCUT2D eigenvalue weighted by Crippen LogP contribution is 2.39. The van der Waals surface area contributed by atoms with Gasteiger partial charge in [-0.25, -0.2) is 0 Å². The van der Waals surface area contributed by atoms with Crippen LogP contribution in [-0.4, -0.2) is 17.0 Å². The molecule has 0 radical (unpaired) electrons. The first-order valence-corrected chi connectivity index (χ1v) is 6.80. The smallest absolute Gasteiger partial charge is 0.0239 e. The Morgan fingerprint density at radius 2 is 1.83 bits per heavy atom. The van der Waals surface area contributed by atoms with E-state index in [1.165, 1.54) is 36.8 Å². The van der Waals surface area contributed by atoms with Crippen molar-refractivity contribution in [2.45, 2.75) is 44.3 Å². The van der Waals surface area contributed by atoms with Crippen LogP contribution in [0.1, 0.15) is 31.2 Å². The zero-order valence-electron chi connectivity index (χ0n) is 10.7. The van der Waals surface area contributed by atoms with Gasteiger partial charge in [0.1, 0.15) is 0 Å². The minimum Gasteiger partial charge on any atom is -0.293 e. The third-order valence-corrected chi connectivity index (χ3v) is 4.26. The SMILES string of the molecule is C#CC=C1CC2CCC(C1)N2Cc1ccccc1. The summed E-state index contributed by atoms with van der Waals surface area (Å²) in [7, 11) is 0. The maximum atomic E-state index is 5.39. The lowest BCUT2D eigenvalue weighted by Crippen LogP contribution is -2.39. The molecule has 2 bridgehead atoms. The Morgan fingerprint density at radius 3 is 2.44 bits per heavy atom. The summed E-state index contributed by atoms with van der Waals surface area (Å²) in [5.74, 6) is 2.69. The molecule has 0 amide bonds. The number of rotatable bonds is 2. The summed E-state index contributed by atoms with van der Waals surface area (Å²) in [5, 5.41) is 0. The monoisotopic (exact) mass is 237 g/mol. The number of fused-ring (bicyclic) bond motifs is 2. The van der Waals surface area contributed by atoms with Gasteiger partial charge in [0.15, 0.2) is 0 Å². The molecule has 2 aliphatic heterocycles. The standard InChI is InChI=1S/C17H19N/c1-2-6-15-11-16-9-10-17(12-15)18(16)13-14-7-4-3-5-8-14/h1,3-8,16-17H,9-13H2. The molecular weight excluding hydrogens is 218 g/mol. The number of hydrogen-bond donors (Lipinski definition) is 0. The Balaban J connectivity index is 1.73. The lowest BCUT2D eigenvalue weighted by molar-refractivity contribution is 0.157. The van der Waals surface area contributed by atoms with E-state index in [0.29, 0.717) is 12.1 Å². The first-order valence-electron chi connectivity index (χ1n) is 6.80. The lowest BCUT2D eigenvalue weighted by Gasteiger charge is -2.36. The largest absolute Gasteiger partial charge is 0.293 e. The van der Waals surface area contributed by atoms with E-state index >= 15 is 0 Å². The van der Waals surface area contributed by atoms with Gasteiger partial charge in [0.2, 0.25) is 0 Å². The van der Waals surface area contributed by atoms with E-state index in [2.05, 4.69) is 41.2 Å². The number of allylic oxidation sites excluding steroid dienone is 1. The average Bonchev–Trinajstić information content (AvgIpc) is 2.63. The quantitative estimate of drug-likeness (QED) is 0.713. The van der Waals surface area contributed by atoms with Crippen LogP contribution < -0.4 is 0 Å². The number of benzene rings is 1. The molecule has 1 nitrogen and oxygen atoms in total. The first kappa shape index (κ1) is 11.6. The molecule has 18 heavy (non-hydrogen) atoms. The summed E-state index contributed by atoms with van der Waals surface area (Å²) in [6, 6.07) is 12.2. The molecule has 1 aromatic carbocycles. The topological polar surface area (TPSA) is 3.24 Å². The second-order valence-corrected chi connectivity index (χ2v) is 5.42. The van der Waals surface area contributed by atoms with Crippen molar-refractivity contribution in [1.82, 2.24) is 4.90 Å². The highest BCUT2D eigenvalue weighted by Gasteiger charge is 2.37. The van der Waals surface area contributed by atoms with Crippen molar-refractivity contribution in [3.8, 4) is 12.3 Å². The van der Waals surface area contributed by atoms with Crippen LogP contribution in [0.5, 0.6) is 0 Å². The van der Waals surface area contributed by atoms with Crippen LogP contribution in [-0.2, 0) is 6.54 Å². The zero-order valence-corrected chi connectivity index (χ0v) is 10.7. The summed E-state index contributed by atoms with van der Waals surface area (Å²) < 4.78 is 0. The van der Waals surface area contributed by atoms with Crippen LogP contribution in [0.4, 0.5) is 0 Å². The van der Waals surface area contributed by atoms with Gasteiger partial charge in [0.25, 0.3) is 0 Å². The summed E-state index contributed by atoms with van der Waals surface area (Å²) in [6.45, 7) is 1.10. The maximum absolute atomic E-state index is 5.39. The summed E-state index contributed by atoms with van der Waals surface area (Å²) in [6.07, 6.45) is 12.4. The van der Waals surface area contributed by atoms with E-state index in [1.807, 2.05) is 6.08 Å². The summed E-state index contributed by atoms with van der Waals surface area (Å²) in [5.41, 5.74) is 2.91. The van der Waals surface area contributed by atoms with E-state index in [-0.39, 0.29) is 0 Å². The van der Waals surface area contributed by atoms with Crippen molar-refractivity contribution in [1.29, 1.82) is 0 Å². The molecule has 2 aliphatic rings. The Bertz CT molecular complexity index is 464. The molecule has 0 aliphatic carbocycles. The normalized spacial score (nSPS) is 26.9. The molecule has 2 saturated heterocycles. The van der Waals surface area contributed by atoms with Gasteiger partial charge < -0.3 is 0 Å². The third kappa shape index (κ3) is 2.21. The predicted molar refractivity (Wildman–Crippen MR) is 74.9 cm³/mol. The molecule has 2 fully saturated rings. The predicted octanol–water partition coefficient (Wildman–Crippen LogP) is 3.37. The molecule has 2 heterocycles.